The van der Waals surface area contributed by atoms with Crippen molar-refractivity contribution in [2.75, 3.05) is 5.32 Å². The quantitative estimate of drug-likeness (QED) is 0.842. The van der Waals surface area contributed by atoms with Crippen LogP contribution in [0, 0.1) is 18.6 Å². The Labute approximate surface area is 115 Å². The molecule has 3 N–H and O–H groups in total. The first kappa shape index (κ1) is 13.4. The van der Waals surface area contributed by atoms with Gasteiger partial charge in [0.25, 0.3) is 0 Å². The Bertz CT molecular complexity index is 618. The summed E-state index contributed by atoms with van der Waals surface area (Å²) in [5.74, 6) is -1.46. The molecule has 2 rings (SSSR count). The highest BCUT2D eigenvalue weighted by Gasteiger charge is 2.13. The maximum Gasteiger partial charge on any atom is 0.150 e. The van der Waals surface area contributed by atoms with Crippen molar-refractivity contribution in [3.8, 4) is 0 Å². The SMILES string of the molecule is Cc1ccccc1Nc1c(F)cc(C(N)=S)cc1F. The number of halogens is 2. The molecule has 0 aromatic heterocycles. The third-order valence-corrected chi connectivity index (χ3v) is 2.97. The molecular formula is C14H12F2N2S. The summed E-state index contributed by atoms with van der Waals surface area (Å²) in [6.07, 6.45) is 0. The zero-order valence-corrected chi connectivity index (χ0v) is 11.0. The molecule has 0 aliphatic heterocycles. The number of benzene rings is 2. The van der Waals surface area contributed by atoms with Crippen LogP contribution in [0.2, 0.25) is 0 Å². The van der Waals surface area contributed by atoms with E-state index in [1.807, 2.05) is 19.1 Å². The minimum Gasteiger partial charge on any atom is -0.389 e. The molecule has 5 heteroatoms. The minimum absolute atomic E-state index is 0.0414. The zero-order chi connectivity index (χ0) is 14.0. The van der Waals surface area contributed by atoms with Gasteiger partial charge in [-0.15, -0.1) is 0 Å². The third kappa shape index (κ3) is 2.88. The number of anilines is 2. The highest BCUT2D eigenvalue weighted by molar-refractivity contribution is 7.80. The molecule has 0 aliphatic carbocycles. The molecule has 98 valence electrons. The topological polar surface area (TPSA) is 38.0 Å². The smallest absolute Gasteiger partial charge is 0.150 e. The largest absolute Gasteiger partial charge is 0.389 e. The molecule has 0 atom stereocenters. The van der Waals surface area contributed by atoms with E-state index in [2.05, 4.69) is 5.32 Å². The summed E-state index contributed by atoms with van der Waals surface area (Å²) >= 11 is 4.70. The Balaban J connectivity index is 2.42. The molecular weight excluding hydrogens is 266 g/mol. The van der Waals surface area contributed by atoms with Gasteiger partial charge in [0, 0.05) is 11.3 Å². The number of para-hydroxylation sites is 1. The average molecular weight is 278 g/mol. The predicted molar refractivity (Wildman–Crippen MR) is 76.7 cm³/mol. The van der Waals surface area contributed by atoms with Crippen molar-refractivity contribution in [2.24, 2.45) is 5.73 Å². The monoisotopic (exact) mass is 278 g/mol. The number of hydrogen-bond donors (Lipinski definition) is 2. The van der Waals surface area contributed by atoms with Gasteiger partial charge in [-0.25, -0.2) is 8.78 Å². The van der Waals surface area contributed by atoms with Gasteiger partial charge in [-0.1, -0.05) is 30.4 Å². The minimum atomic E-state index is -0.731. The van der Waals surface area contributed by atoms with Gasteiger partial charge in [0.05, 0.1) is 0 Å². The standard InChI is InChI=1S/C14H12F2N2S/c1-8-4-2-3-5-12(8)18-13-10(15)6-9(14(17)19)7-11(13)16/h2-7,18H,1H3,(H2,17,19). The van der Waals surface area contributed by atoms with Crippen LogP contribution in [0.1, 0.15) is 11.1 Å². The van der Waals surface area contributed by atoms with E-state index in [1.165, 1.54) is 0 Å². The zero-order valence-electron chi connectivity index (χ0n) is 10.2. The van der Waals surface area contributed by atoms with Gasteiger partial charge >= 0.3 is 0 Å². The van der Waals surface area contributed by atoms with Crippen LogP contribution in [0.3, 0.4) is 0 Å². The molecule has 2 aromatic rings. The van der Waals surface area contributed by atoms with Crippen LogP contribution in [0.4, 0.5) is 20.2 Å². The van der Waals surface area contributed by atoms with Crippen LogP contribution >= 0.6 is 12.2 Å². The van der Waals surface area contributed by atoms with Crippen molar-refractivity contribution in [1.29, 1.82) is 0 Å². The fraction of sp³-hybridized carbons (Fsp3) is 0.0714. The van der Waals surface area contributed by atoms with Gasteiger partial charge < -0.3 is 11.1 Å². The first-order valence-corrected chi connectivity index (χ1v) is 6.01. The van der Waals surface area contributed by atoms with Crippen molar-refractivity contribution in [3.63, 3.8) is 0 Å². The van der Waals surface area contributed by atoms with Crippen LogP contribution < -0.4 is 11.1 Å². The van der Waals surface area contributed by atoms with Gasteiger partial charge in [0.2, 0.25) is 0 Å². The van der Waals surface area contributed by atoms with Gasteiger partial charge in [0.15, 0.2) is 0 Å². The molecule has 0 saturated carbocycles. The summed E-state index contributed by atoms with van der Waals surface area (Å²) < 4.78 is 27.7. The highest BCUT2D eigenvalue weighted by Crippen LogP contribution is 2.26. The lowest BCUT2D eigenvalue weighted by molar-refractivity contribution is 0.590. The van der Waals surface area contributed by atoms with Gasteiger partial charge in [-0.2, -0.15) is 0 Å². The Morgan fingerprint density at radius 1 is 1.16 bits per heavy atom. The summed E-state index contributed by atoms with van der Waals surface area (Å²) in [5, 5.41) is 2.74. The molecule has 0 unspecified atom stereocenters. The lowest BCUT2D eigenvalue weighted by Gasteiger charge is -2.12. The summed E-state index contributed by atoms with van der Waals surface area (Å²) in [6.45, 7) is 1.85. The first-order chi connectivity index (χ1) is 8.99. The number of thiocarbonyl (C=S) groups is 1. The van der Waals surface area contributed by atoms with Crippen molar-refractivity contribution in [1.82, 2.24) is 0 Å². The number of aryl methyl sites for hydroxylation is 1. The number of nitrogens with one attached hydrogen (secondary N) is 1. The van der Waals surface area contributed by atoms with E-state index in [4.69, 9.17) is 18.0 Å². The second-order valence-electron chi connectivity index (χ2n) is 4.12. The van der Waals surface area contributed by atoms with E-state index in [9.17, 15) is 8.78 Å². The van der Waals surface area contributed by atoms with Crippen LogP contribution in [-0.2, 0) is 0 Å². The van der Waals surface area contributed by atoms with Gasteiger partial charge in [-0.05, 0) is 30.7 Å². The van der Waals surface area contributed by atoms with E-state index >= 15 is 0 Å². The fourth-order valence-corrected chi connectivity index (χ4v) is 1.80. The molecule has 0 fully saturated rings. The molecule has 2 nitrogen and oxygen atoms in total. The van der Waals surface area contributed by atoms with E-state index in [-0.39, 0.29) is 16.2 Å². The molecule has 0 heterocycles. The van der Waals surface area contributed by atoms with Gasteiger partial charge in [-0.3, -0.25) is 0 Å². The number of nitrogens with two attached hydrogens (primary N) is 1. The van der Waals surface area contributed by atoms with Crippen molar-refractivity contribution in [2.45, 2.75) is 6.92 Å². The molecule has 0 saturated heterocycles. The summed E-state index contributed by atoms with van der Waals surface area (Å²) in [6, 6.07) is 9.47. The Kier molecular flexibility index (Phi) is 3.76. The van der Waals surface area contributed by atoms with Crippen molar-refractivity contribution < 1.29 is 8.78 Å². The third-order valence-electron chi connectivity index (χ3n) is 2.73. The number of hydrogen-bond acceptors (Lipinski definition) is 2. The highest BCUT2D eigenvalue weighted by atomic mass is 32.1. The Hall–Kier alpha value is -2.01. The molecule has 0 aliphatic rings. The lowest BCUT2D eigenvalue weighted by atomic mass is 10.1. The van der Waals surface area contributed by atoms with Crippen LogP contribution in [0.15, 0.2) is 36.4 Å². The molecule has 0 radical (unpaired) electrons. The van der Waals surface area contributed by atoms with Crippen molar-refractivity contribution in [3.05, 3.63) is 59.2 Å². The van der Waals surface area contributed by atoms with Crippen LogP contribution in [0.25, 0.3) is 0 Å². The van der Waals surface area contributed by atoms with Gasteiger partial charge in [0.1, 0.15) is 22.3 Å². The van der Waals surface area contributed by atoms with E-state index < -0.39 is 11.6 Å². The molecule has 0 amide bonds. The Morgan fingerprint density at radius 2 is 1.74 bits per heavy atom. The molecule has 19 heavy (non-hydrogen) atoms. The summed E-state index contributed by atoms with van der Waals surface area (Å²) in [7, 11) is 0. The van der Waals surface area contributed by atoms with E-state index in [1.54, 1.807) is 12.1 Å². The fourth-order valence-electron chi connectivity index (χ4n) is 1.68. The second kappa shape index (κ2) is 5.32. The average Bonchev–Trinajstić information content (AvgIpc) is 2.35. The normalized spacial score (nSPS) is 10.3. The van der Waals surface area contributed by atoms with Crippen molar-refractivity contribution >= 4 is 28.6 Å². The Morgan fingerprint density at radius 3 is 2.26 bits per heavy atom. The maximum atomic E-state index is 13.9. The second-order valence-corrected chi connectivity index (χ2v) is 4.56. The predicted octanol–water partition coefficient (Wildman–Crippen LogP) is 3.65. The summed E-state index contributed by atoms with van der Waals surface area (Å²) in [5.41, 5.74) is 6.84. The first-order valence-electron chi connectivity index (χ1n) is 5.60. The molecule has 0 bridgehead atoms. The van der Waals surface area contributed by atoms with Crippen LogP contribution in [0.5, 0.6) is 0 Å². The van der Waals surface area contributed by atoms with E-state index in [0.717, 1.165) is 17.7 Å². The number of rotatable bonds is 3. The molecule has 2 aromatic carbocycles. The lowest BCUT2D eigenvalue weighted by Crippen LogP contribution is -2.11. The maximum absolute atomic E-state index is 13.9. The van der Waals surface area contributed by atoms with E-state index in [0.29, 0.717) is 5.69 Å². The molecule has 0 spiro atoms. The summed E-state index contributed by atoms with van der Waals surface area (Å²) in [4.78, 5) is -0.0414. The van der Waals surface area contributed by atoms with Crippen LogP contribution in [-0.4, -0.2) is 4.99 Å².